The summed E-state index contributed by atoms with van der Waals surface area (Å²) in [5, 5.41) is 0.604. The number of hydrogen-bond acceptors (Lipinski definition) is 2. The fraction of sp³-hybridized carbons (Fsp3) is 0. The highest BCUT2D eigenvalue weighted by molar-refractivity contribution is 9.10. The molecule has 0 radical (unpaired) electrons. The SMILES string of the molecule is O=c1c2cccc(Br)c2[nH]c(=S)n1-c1ccccc1. The van der Waals surface area contributed by atoms with Crippen molar-refractivity contribution in [2.24, 2.45) is 0 Å². The molecule has 1 aromatic heterocycles. The van der Waals surface area contributed by atoms with Gasteiger partial charge in [-0.25, -0.2) is 0 Å². The third-order valence-electron chi connectivity index (χ3n) is 2.90. The minimum absolute atomic E-state index is 0.119. The van der Waals surface area contributed by atoms with E-state index in [4.69, 9.17) is 12.2 Å². The molecule has 5 heteroatoms. The molecule has 0 aliphatic carbocycles. The number of rotatable bonds is 1. The summed E-state index contributed by atoms with van der Waals surface area (Å²) in [6.45, 7) is 0. The summed E-state index contributed by atoms with van der Waals surface area (Å²) in [4.78, 5) is 15.7. The van der Waals surface area contributed by atoms with E-state index in [2.05, 4.69) is 20.9 Å². The Morgan fingerprint density at radius 1 is 1.05 bits per heavy atom. The van der Waals surface area contributed by atoms with E-state index in [0.717, 1.165) is 15.7 Å². The summed E-state index contributed by atoms with van der Waals surface area (Å²) in [7, 11) is 0. The van der Waals surface area contributed by atoms with Gasteiger partial charge in [-0.2, -0.15) is 0 Å². The molecule has 3 nitrogen and oxygen atoms in total. The molecule has 1 heterocycles. The van der Waals surface area contributed by atoms with Crippen LogP contribution in [0.2, 0.25) is 0 Å². The number of nitrogens with zero attached hydrogens (tertiary/aromatic N) is 1. The maximum Gasteiger partial charge on any atom is 0.266 e. The number of benzene rings is 2. The van der Waals surface area contributed by atoms with Crippen LogP contribution in [-0.2, 0) is 0 Å². The summed E-state index contributed by atoms with van der Waals surface area (Å²) in [5.74, 6) is 0. The summed E-state index contributed by atoms with van der Waals surface area (Å²) < 4.78 is 2.72. The topological polar surface area (TPSA) is 37.8 Å². The molecule has 0 saturated heterocycles. The zero-order chi connectivity index (χ0) is 13.4. The van der Waals surface area contributed by atoms with Crippen LogP contribution in [0.15, 0.2) is 57.8 Å². The van der Waals surface area contributed by atoms with Gasteiger partial charge in [-0.3, -0.25) is 9.36 Å². The number of nitrogens with one attached hydrogen (secondary N) is 1. The van der Waals surface area contributed by atoms with Gasteiger partial charge in [-0.15, -0.1) is 0 Å². The van der Waals surface area contributed by atoms with Crippen molar-refractivity contribution in [3.8, 4) is 5.69 Å². The van der Waals surface area contributed by atoms with E-state index in [1.807, 2.05) is 42.5 Å². The lowest BCUT2D eigenvalue weighted by atomic mass is 10.2. The second-order valence-corrected chi connectivity index (χ2v) is 5.31. The van der Waals surface area contributed by atoms with E-state index in [1.165, 1.54) is 4.57 Å². The summed E-state index contributed by atoms with van der Waals surface area (Å²) >= 11 is 8.72. The molecule has 94 valence electrons. The van der Waals surface area contributed by atoms with Crippen molar-refractivity contribution in [1.82, 2.24) is 9.55 Å². The Kier molecular flexibility index (Phi) is 3.08. The van der Waals surface area contributed by atoms with E-state index in [0.29, 0.717) is 10.2 Å². The average molecular weight is 333 g/mol. The zero-order valence-corrected chi connectivity index (χ0v) is 12.2. The van der Waals surface area contributed by atoms with Gasteiger partial charge in [0.05, 0.1) is 16.6 Å². The molecule has 0 saturated carbocycles. The number of H-pyrrole nitrogens is 1. The van der Waals surface area contributed by atoms with Gasteiger partial charge in [0.25, 0.3) is 5.56 Å². The summed E-state index contributed by atoms with van der Waals surface area (Å²) in [5.41, 5.74) is 1.37. The van der Waals surface area contributed by atoms with Crippen molar-refractivity contribution in [1.29, 1.82) is 0 Å². The van der Waals surface area contributed by atoms with Crippen LogP contribution in [0.1, 0.15) is 0 Å². The Morgan fingerprint density at radius 3 is 2.53 bits per heavy atom. The molecule has 0 atom stereocenters. The Bertz CT molecular complexity index is 868. The molecule has 0 amide bonds. The number of hydrogen-bond donors (Lipinski definition) is 1. The molecule has 0 fully saturated rings. The van der Waals surface area contributed by atoms with Crippen LogP contribution < -0.4 is 5.56 Å². The number of aromatic nitrogens is 2. The number of aromatic amines is 1. The molecule has 3 rings (SSSR count). The van der Waals surface area contributed by atoms with Gasteiger partial charge in [-0.05, 0) is 52.4 Å². The van der Waals surface area contributed by atoms with Crippen LogP contribution >= 0.6 is 28.1 Å². The van der Waals surface area contributed by atoms with Crippen LogP contribution in [-0.4, -0.2) is 9.55 Å². The first-order valence-corrected chi connectivity index (χ1v) is 6.87. The maximum atomic E-state index is 12.6. The minimum atomic E-state index is -0.119. The lowest BCUT2D eigenvalue weighted by molar-refractivity contribution is 0.939. The van der Waals surface area contributed by atoms with Crippen molar-refractivity contribution in [3.05, 3.63) is 68.1 Å². The molecule has 0 unspecified atom stereocenters. The van der Waals surface area contributed by atoms with E-state index in [9.17, 15) is 4.79 Å². The van der Waals surface area contributed by atoms with Crippen LogP contribution in [0.5, 0.6) is 0 Å². The Labute approximate surface area is 122 Å². The maximum absolute atomic E-state index is 12.6. The van der Waals surface area contributed by atoms with E-state index in [-0.39, 0.29) is 5.56 Å². The van der Waals surface area contributed by atoms with Crippen LogP contribution in [0.3, 0.4) is 0 Å². The van der Waals surface area contributed by atoms with Gasteiger partial charge < -0.3 is 4.98 Å². The second kappa shape index (κ2) is 4.75. The van der Waals surface area contributed by atoms with Crippen LogP contribution in [0.4, 0.5) is 0 Å². The predicted molar refractivity (Wildman–Crippen MR) is 82.4 cm³/mol. The van der Waals surface area contributed by atoms with E-state index in [1.54, 1.807) is 6.07 Å². The Morgan fingerprint density at radius 2 is 1.79 bits per heavy atom. The number of halogens is 1. The highest BCUT2D eigenvalue weighted by Gasteiger charge is 2.08. The van der Waals surface area contributed by atoms with Gasteiger partial charge in [0, 0.05) is 4.47 Å². The van der Waals surface area contributed by atoms with Gasteiger partial charge in [0.2, 0.25) is 0 Å². The molecule has 3 aromatic rings. The van der Waals surface area contributed by atoms with Crippen molar-refractivity contribution in [3.63, 3.8) is 0 Å². The lowest BCUT2D eigenvalue weighted by Gasteiger charge is -2.08. The van der Waals surface area contributed by atoms with Crippen molar-refractivity contribution >= 4 is 39.1 Å². The third-order valence-corrected chi connectivity index (χ3v) is 3.84. The fourth-order valence-corrected chi connectivity index (χ4v) is 2.77. The normalized spacial score (nSPS) is 10.8. The highest BCUT2D eigenvalue weighted by Crippen LogP contribution is 2.19. The quantitative estimate of drug-likeness (QED) is 0.688. The minimum Gasteiger partial charge on any atom is -0.330 e. The molecule has 1 N–H and O–H groups in total. The Balaban J connectivity index is 2.47. The largest absolute Gasteiger partial charge is 0.330 e. The van der Waals surface area contributed by atoms with Crippen LogP contribution in [0.25, 0.3) is 16.6 Å². The molecule has 0 aliphatic rings. The first-order chi connectivity index (χ1) is 9.18. The summed E-state index contributed by atoms with van der Waals surface area (Å²) in [6, 6.07) is 14.9. The third kappa shape index (κ3) is 2.05. The average Bonchev–Trinajstić information content (AvgIpc) is 2.41. The molecule has 2 aromatic carbocycles. The van der Waals surface area contributed by atoms with Gasteiger partial charge in [0.15, 0.2) is 4.77 Å². The number of para-hydroxylation sites is 2. The smallest absolute Gasteiger partial charge is 0.266 e. The standard InChI is InChI=1S/C14H9BrN2OS/c15-11-8-4-7-10-12(11)16-14(19)17(13(10)18)9-5-2-1-3-6-9/h1-8H,(H,16,19). The van der Waals surface area contributed by atoms with Crippen molar-refractivity contribution in [2.45, 2.75) is 0 Å². The molecule has 19 heavy (non-hydrogen) atoms. The second-order valence-electron chi connectivity index (χ2n) is 4.07. The highest BCUT2D eigenvalue weighted by atomic mass is 79.9. The number of fused-ring (bicyclic) bond motifs is 1. The van der Waals surface area contributed by atoms with Gasteiger partial charge in [-0.1, -0.05) is 24.3 Å². The first-order valence-electron chi connectivity index (χ1n) is 5.67. The first kappa shape index (κ1) is 12.3. The molecule has 0 bridgehead atoms. The lowest BCUT2D eigenvalue weighted by Crippen LogP contribution is -2.20. The van der Waals surface area contributed by atoms with Gasteiger partial charge >= 0.3 is 0 Å². The van der Waals surface area contributed by atoms with E-state index >= 15 is 0 Å². The molecular weight excluding hydrogens is 324 g/mol. The molecule has 0 aliphatic heterocycles. The van der Waals surface area contributed by atoms with Crippen molar-refractivity contribution in [2.75, 3.05) is 0 Å². The zero-order valence-electron chi connectivity index (χ0n) is 9.76. The fourth-order valence-electron chi connectivity index (χ4n) is 2.02. The molecular formula is C14H9BrN2OS. The molecule has 0 spiro atoms. The summed E-state index contributed by atoms with van der Waals surface area (Å²) in [6.07, 6.45) is 0. The predicted octanol–water partition coefficient (Wildman–Crippen LogP) is 3.81. The van der Waals surface area contributed by atoms with Crippen molar-refractivity contribution < 1.29 is 0 Å². The monoisotopic (exact) mass is 332 g/mol. The van der Waals surface area contributed by atoms with E-state index < -0.39 is 0 Å². The van der Waals surface area contributed by atoms with Gasteiger partial charge in [0.1, 0.15) is 0 Å². The Hall–Kier alpha value is -1.72. The van der Waals surface area contributed by atoms with Crippen LogP contribution in [0, 0.1) is 4.77 Å².